The zero-order chi connectivity index (χ0) is 17.2. The van der Waals surface area contributed by atoms with Crippen molar-refractivity contribution in [2.45, 2.75) is 0 Å². The number of nitriles is 1. The van der Waals surface area contributed by atoms with Crippen LogP contribution < -0.4 is 4.74 Å². The number of hydrogen-bond donors (Lipinski definition) is 1. The number of allylic oxidation sites excluding steroid dienone is 1. The molecule has 4 rings (SSSR count). The standard InChI is InChI=1S/C20H14N4O/c1-25-18-8-4-5-13-9-10-15(22-19(13)18)11-14(12-21)20-23-16-6-2-3-7-17(16)24-20/h2-11H,1H3,(H,23,24). The van der Waals surface area contributed by atoms with Crippen LogP contribution in [0.25, 0.3) is 33.6 Å². The van der Waals surface area contributed by atoms with Crippen molar-refractivity contribution in [2.24, 2.45) is 0 Å². The van der Waals surface area contributed by atoms with E-state index in [1.807, 2.05) is 54.6 Å². The molecule has 25 heavy (non-hydrogen) atoms. The number of aromatic amines is 1. The summed E-state index contributed by atoms with van der Waals surface area (Å²) in [5, 5.41) is 10.5. The predicted molar refractivity (Wildman–Crippen MR) is 97.9 cm³/mol. The van der Waals surface area contributed by atoms with Gasteiger partial charge in [-0.3, -0.25) is 0 Å². The molecule has 0 bridgehead atoms. The first-order valence-electron chi connectivity index (χ1n) is 7.79. The molecule has 0 aliphatic heterocycles. The molecule has 2 aromatic carbocycles. The second-order valence-electron chi connectivity index (χ2n) is 5.54. The number of methoxy groups -OCH3 is 1. The fourth-order valence-corrected chi connectivity index (χ4v) is 2.76. The van der Waals surface area contributed by atoms with Crippen LogP contribution in [0.2, 0.25) is 0 Å². The Morgan fingerprint density at radius 3 is 2.76 bits per heavy atom. The quantitative estimate of drug-likeness (QED) is 0.573. The fourth-order valence-electron chi connectivity index (χ4n) is 2.76. The van der Waals surface area contributed by atoms with Crippen LogP contribution in [0.4, 0.5) is 0 Å². The summed E-state index contributed by atoms with van der Waals surface area (Å²) in [7, 11) is 1.62. The Labute approximate surface area is 144 Å². The van der Waals surface area contributed by atoms with Crippen LogP contribution in [0.15, 0.2) is 54.6 Å². The molecule has 0 unspecified atom stereocenters. The third-order valence-electron chi connectivity index (χ3n) is 3.98. The minimum Gasteiger partial charge on any atom is -0.494 e. The number of ether oxygens (including phenoxy) is 1. The molecule has 0 spiro atoms. The number of benzene rings is 2. The lowest BCUT2D eigenvalue weighted by Gasteiger charge is -2.05. The van der Waals surface area contributed by atoms with Crippen LogP contribution in [-0.4, -0.2) is 22.1 Å². The topological polar surface area (TPSA) is 74.6 Å². The van der Waals surface area contributed by atoms with Crippen molar-refractivity contribution in [3.63, 3.8) is 0 Å². The van der Waals surface area contributed by atoms with Gasteiger partial charge in [-0.1, -0.05) is 30.3 Å². The van der Waals surface area contributed by atoms with Crippen LogP contribution in [0.1, 0.15) is 11.5 Å². The Balaban J connectivity index is 1.82. The average Bonchev–Trinajstić information content (AvgIpc) is 3.09. The molecule has 0 radical (unpaired) electrons. The molecule has 4 aromatic rings. The maximum Gasteiger partial charge on any atom is 0.149 e. The van der Waals surface area contributed by atoms with Gasteiger partial charge in [0.1, 0.15) is 23.2 Å². The summed E-state index contributed by atoms with van der Waals surface area (Å²) < 4.78 is 5.37. The molecule has 0 amide bonds. The Kier molecular flexibility index (Phi) is 3.64. The van der Waals surface area contributed by atoms with Crippen LogP contribution in [0.3, 0.4) is 0 Å². The first-order chi connectivity index (χ1) is 12.3. The zero-order valence-electron chi connectivity index (χ0n) is 13.5. The molecule has 2 heterocycles. The summed E-state index contributed by atoms with van der Waals surface area (Å²) in [5.74, 6) is 1.24. The second kappa shape index (κ2) is 6.10. The first kappa shape index (κ1) is 14.9. The summed E-state index contributed by atoms with van der Waals surface area (Å²) in [4.78, 5) is 12.3. The zero-order valence-corrected chi connectivity index (χ0v) is 13.5. The highest BCUT2D eigenvalue weighted by Crippen LogP contribution is 2.25. The van der Waals surface area contributed by atoms with E-state index in [0.29, 0.717) is 22.8 Å². The molecule has 0 atom stereocenters. The first-order valence-corrected chi connectivity index (χ1v) is 7.79. The third kappa shape index (κ3) is 2.70. The molecule has 1 N–H and O–H groups in total. The highest BCUT2D eigenvalue weighted by atomic mass is 16.5. The molecule has 0 aliphatic rings. The van der Waals surface area contributed by atoms with Gasteiger partial charge in [0.15, 0.2) is 0 Å². The number of fused-ring (bicyclic) bond motifs is 2. The minimum absolute atomic E-state index is 0.429. The van der Waals surface area contributed by atoms with Crippen LogP contribution in [-0.2, 0) is 0 Å². The number of H-pyrrole nitrogens is 1. The summed E-state index contributed by atoms with van der Waals surface area (Å²) in [6, 6.07) is 19.5. The Morgan fingerprint density at radius 2 is 1.96 bits per heavy atom. The van der Waals surface area contributed by atoms with Gasteiger partial charge >= 0.3 is 0 Å². The lowest BCUT2D eigenvalue weighted by molar-refractivity contribution is 0.419. The molecule has 2 aromatic heterocycles. The van der Waals surface area contributed by atoms with Crippen molar-refractivity contribution >= 4 is 33.6 Å². The molecular weight excluding hydrogens is 312 g/mol. The Hall–Kier alpha value is -3.65. The largest absolute Gasteiger partial charge is 0.494 e. The highest BCUT2D eigenvalue weighted by molar-refractivity contribution is 5.91. The molecular formula is C20H14N4O. The maximum absolute atomic E-state index is 9.55. The Morgan fingerprint density at radius 1 is 1.08 bits per heavy atom. The number of aromatic nitrogens is 3. The fraction of sp³-hybridized carbons (Fsp3) is 0.0500. The van der Waals surface area contributed by atoms with E-state index in [2.05, 4.69) is 21.0 Å². The van der Waals surface area contributed by atoms with Gasteiger partial charge in [0, 0.05) is 5.39 Å². The smallest absolute Gasteiger partial charge is 0.149 e. The van der Waals surface area contributed by atoms with E-state index >= 15 is 0 Å². The third-order valence-corrected chi connectivity index (χ3v) is 3.98. The van der Waals surface area contributed by atoms with Gasteiger partial charge in [0.05, 0.1) is 29.4 Å². The van der Waals surface area contributed by atoms with Gasteiger partial charge in [0.25, 0.3) is 0 Å². The number of hydrogen-bond acceptors (Lipinski definition) is 4. The highest BCUT2D eigenvalue weighted by Gasteiger charge is 2.09. The average molecular weight is 326 g/mol. The molecule has 0 saturated heterocycles. The van der Waals surface area contributed by atoms with Crippen LogP contribution >= 0.6 is 0 Å². The van der Waals surface area contributed by atoms with Crippen molar-refractivity contribution in [3.8, 4) is 11.8 Å². The monoisotopic (exact) mass is 326 g/mol. The van der Waals surface area contributed by atoms with E-state index in [4.69, 9.17) is 4.74 Å². The van der Waals surface area contributed by atoms with E-state index in [0.717, 1.165) is 21.9 Å². The number of para-hydroxylation sites is 3. The lowest BCUT2D eigenvalue weighted by atomic mass is 10.1. The van der Waals surface area contributed by atoms with Crippen molar-refractivity contribution < 1.29 is 4.74 Å². The normalized spacial score (nSPS) is 11.6. The van der Waals surface area contributed by atoms with Gasteiger partial charge < -0.3 is 9.72 Å². The molecule has 5 nitrogen and oxygen atoms in total. The maximum atomic E-state index is 9.55. The van der Waals surface area contributed by atoms with Crippen LogP contribution in [0, 0.1) is 11.3 Å². The number of rotatable bonds is 3. The van der Waals surface area contributed by atoms with E-state index in [9.17, 15) is 5.26 Å². The lowest BCUT2D eigenvalue weighted by Crippen LogP contribution is -1.91. The molecule has 0 saturated carbocycles. The number of nitrogens with one attached hydrogen (secondary N) is 1. The van der Waals surface area contributed by atoms with Crippen molar-refractivity contribution in [3.05, 3.63) is 66.1 Å². The summed E-state index contributed by atoms with van der Waals surface area (Å²) in [5.41, 5.74) is 3.59. The summed E-state index contributed by atoms with van der Waals surface area (Å²) in [6.45, 7) is 0. The van der Waals surface area contributed by atoms with Gasteiger partial charge in [0.2, 0.25) is 0 Å². The minimum atomic E-state index is 0.429. The summed E-state index contributed by atoms with van der Waals surface area (Å²) >= 11 is 0. The number of nitrogens with zero attached hydrogens (tertiary/aromatic N) is 3. The van der Waals surface area contributed by atoms with Gasteiger partial charge in [-0.25, -0.2) is 9.97 Å². The van der Waals surface area contributed by atoms with Crippen molar-refractivity contribution in [1.29, 1.82) is 5.26 Å². The molecule has 5 heteroatoms. The van der Waals surface area contributed by atoms with Gasteiger partial charge in [-0.2, -0.15) is 5.26 Å². The van der Waals surface area contributed by atoms with Crippen molar-refractivity contribution in [2.75, 3.05) is 7.11 Å². The molecule has 120 valence electrons. The van der Waals surface area contributed by atoms with E-state index in [1.54, 1.807) is 13.2 Å². The Bertz CT molecular complexity index is 1120. The SMILES string of the molecule is COc1cccc2ccc(C=C(C#N)c3nc4ccccc4[nH]3)nc12. The van der Waals surface area contributed by atoms with Gasteiger partial charge in [-0.05, 0) is 30.3 Å². The van der Waals surface area contributed by atoms with E-state index in [1.165, 1.54) is 0 Å². The van der Waals surface area contributed by atoms with Crippen molar-refractivity contribution in [1.82, 2.24) is 15.0 Å². The van der Waals surface area contributed by atoms with Gasteiger partial charge in [-0.15, -0.1) is 0 Å². The number of imidazole rings is 1. The number of pyridine rings is 1. The second-order valence-corrected chi connectivity index (χ2v) is 5.54. The summed E-state index contributed by atoms with van der Waals surface area (Å²) in [6.07, 6.45) is 1.73. The predicted octanol–water partition coefficient (Wildman–Crippen LogP) is 4.18. The molecule has 0 fully saturated rings. The molecule has 0 aliphatic carbocycles. The van der Waals surface area contributed by atoms with Crippen LogP contribution in [0.5, 0.6) is 5.75 Å². The van der Waals surface area contributed by atoms with E-state index in [-0.39, 0.29) is 0 Å². The van der Waals surface area contributed by atoms with E-state index < -0.39 is 0 Å².